The van der Waals surface area contributed by atoms with Crippen molar-refractivity contribution in [3.63, 3.8) is 0 Å². The number of aryl methyl sites for hydroxylation is 1. The van der Waals surface area contributed by atoms with Crippen LogP contribution in [0.2, 0.25) is 5.02 Å². The monoisotopic (exact) mass is 339 g/mol. The van der Waals surface area contributed by atoms with Crippen LogP contribution in [-0.4, -0.2) is 16.5 Å². The SMILES string of the molecule is CCCNc1cc(C)nc(-c2ccc(Cl)cc2Br)n1. The standard InChI is InChI=1S/C14H15BrClN3/c1-3-6-17-13-7-9(2)18-14(19-13)11-5-4-10(16)8-12(11)15/h4-5,7-8H,3,6H2,1-2H3,(H,17,18,19). The Balaban J connectivity index is 2.41. The van der Waals surface area contributed by atoms with Gasteiger partial charge in [0.25, 0.3) is 0 Å². The lowest BCUT2D eigenvalue weighted by molar-refractivity contribution is 0.962. The van der Waals surface area contributed by atoms with Crippen molar-refractivity contribution in [3.05, 3.63) is 39.5 Å². The molecule has 1 N–H and O–H groups in total. The summed E-state index contributed by atoms with van der Waals surface area (Å²) in [5, 5.41) is 3.97. The molecule has 0 atom stereocenters. The van der Waals surface area contributed by atoms with Crippen LogP contribution in [0, 0.1) is 6.92 Å². The molecule has 3 nitrogen and oxygen atoms in total. The molecule has 0 aliphatic rings. The van der Waals surface area contributed by atoms with Gasteiger partial charge in [0, 0.05) is 33.4 Å². The Kier molecular flexibility index (Phi) is 4.77. The van der Waals surface area contributed by atoms with Crippen molar-refractivity contribution in [2.24, 2.45) is 0 Å². The highest BCUT2D eigenvalue weighted by molar-refractivity contribution is 9.10. The molecule has 1 aromatic heterocycles. The molecular formula is C14H15BrClN3. The number of nitrogens with one attached hydrogen (secondary N) is 1. The Morgan fingerprint density at radius 3 is 2.74 bits per heavy atom. The van der Waals surface area contributed by atoms with E-state index in [-0.39, 0.29) is 0 Å². The number of nitrogens with zero attached hydrogens (tertiary/aromatic N) is 2. The minimum atomic E-state index is 0.688. The first-order chi connectivity index (χ1) is 9.10. The Hall–Kier alpha value is -1.13. The molecule has 0 spiro atoms. The Labute approximate surface area is 126 Å². The quantitative estimate of drug-likeness (QED) is 0.877. The predicted octanol–water partition coefficient (Wildman–Crippen LogP) is 4.69. The van der Waals surface area contributed by atoms with Crippen LogP contribution in [0.4, 0.5) is 5.82 Å². The summed E-state index contributed by atoms with van der Waals surface area (Å²) in [6, 6.07) is 7.56. The normalized spacial score (nSPS) is 10.5. The lowest BCUT2D eigenvalue weighted by Crippen LogP contribution is -2.04. The van der Waals surface area contributed by atoms with Gasteiger partial charge in [-0.15, -0.1) is 0 Å². The number of aromatic nitrogens is 2. The molecule has 100 valence electrons. The molecule has 5 heteroatoms. The maximum atomic E-state index is 5.95. The Morgan fingerprint density at radius 1 is 1.26 bits per heavy atom. The van der Waals surface area contributed by atoms with Crippen molar-refractivity contribution >= 4 is 33.3 Å². The van der Waals surface area contributed by atoms with Gasteiger partial charge in [-0.1, -0.05) is 18.5 Å². The van der Waals surface area contributed by atoms with Gasteiger partial charge in [0.15, 0.2) is 5.82 Å². The molecule has 19 heavy (non-hydrogen) atoms. The molecule has 0 fully saturated rings. The molecule has 2 rings (SSSR count). The molecule has 0 radical (unpaired) electrons. The summed E-state index contributed by atoms with van der Waals surface area (Å²) in [4.78, 5) is 9.02. The molecule has 0 bridgehead atoms. The van der Waals surface area contributed by atoms with Gasteiger partial charge >= 0.3 is 0 Å². The van der Waals surface area contributed by atoms with E-state index < -0.39 is 0 Å². The van der Waals surface area contributed by atoms with Gasteiger partial charge in [-0.05, 0) is 47.5 Å². The molecule has 0 aliphatic heterocycles. The fourth-order valence-electron chi connectivity index (χ4n) is 1.70. The fourth-order valence-corrected chi connectivity index (χ4v) is 2.56. The molecule has 0 amide bonds. The molecule has 1 heterocycles. The molecule has 0 saturated carbocycles. The molecule has 2 aromatic rings. The van der Waals surface area contributed by atoms with E-state index in [2.05, 4.69) is 38.1 Å². The van der Waals surface area contributed by atoms with Gasteiger partial charge in [0.2, 0.25) is 0 Å². The second-order valence-electron chi connectivity index (χ2n) is 4.27. The molecule has 1 aromatic carbocycles. The van der Waals surface area contributed by atoms with Gasteiger partial charge < -0.3 is 5.32 Å². The van der Waals surface area contributed by atoms with E-state index in [4.69, 9.17) is 11.6 Å². The zero-order valence-corrected chi connectivity index (χ0v) is 13.2. The van der Waals surface area contributed by atoms with E-state index in [0.29, 0.717) is 10.8 Å². The van der Waals surface area contributed by atoms with Crippen molar-refractivity contribution in [2.45, 2.75) is 20.3 Å². The predicted molar refractivity (Wildman–Crippen MR) is 83.7 cm³/mol. The Bertz CT molecular complexity index is 587. The maximum absolute atomic E-state index is 5.95. The molecule has 0 unspecified atom stereocenters. The third-order valence-corrected chi connectivity index (χ3v) is 3.47. The van der Waals surface area contributed by atoms with E-state index in [1.165, 1.54) is 0 Å². The first kappa shape index (κ1) is 14.3. The average molecular weight is 341 g/mol. The summed E-state index contributed by atoms with van der Waals surface area (Å²) in [7, 11) is 0. The van der Waals surface area contributed by atoms with Crippen LogP contribution in [0.3, 0.4) is 0 Å². The van der Waals surface area contributed by atoms with E-state index in [0.717, 1.165) is 34.5 Å². The maximum Gasteiger partial charge on any atom is 0.162 e. The lowest BCUT2D eigenvalue weighted by atomic mass is 10.2. The average Bonchev–Trinajstić information content (AvgIpc) is 2.35. The molecule has 0 saturated heterocycles. The zero-order chi connectivity index (χ0) is 13.8. The lowest BCUT2D eigenvalue weighted by Gasteiger charge is -2.09. The van der Waals surface area contributed by atoms with Crippen LogP contribution < -0.4 is 5.32 Å². The van der Waals surface area contributed by atoms with E-state index in [9.17, 15) is 0 Å². The number of rotatable bonds is 4. The number of anilines is 1. The van der Waals surface area contributed by atoms with Gasteiger partial charge in [-0.2, -0.15) is 0 Å². The second-order valence-corrected chi connectivity index (χ2v) is 5.56. The first-order valence-corrected chi connectivity index (χ1v) is 7.32. The summed E-state index contributed by atoms with van der Waals surface area (Å²) >= 11 is 9.45. The van der Waals surface area contributed by atoms with Crippen molar-refractivity contribution in [2.75, 3.05) is 11.9 Å². The van der Waals surface area contributed by atoms with Crippen LogP contribution in [0.5, 0.6) is 0 Å². The summed E-state index contributed by atoms with van der Waals surface area (Å²) < 4.78 is 0.895. The van der Waals surface area contributed by atoms with Crippen LogP contribution in [0.1, 0.15) is 19.0 Å². The van der Waals surface area contributed by atoms with E-state index in [1.807, 2.05) is 31.2 Å². The fraction of sp³-hybridized carbons (Fsp3) is 0.286. The molecule has 0 aliphatic carbocycles. The van der Waals surface area contributed by atoms with Crippen molar-refractivity contribution in [1.82, 2.24) is 9.97 Å². The largest absolute Gasteiger partial charge is 0.370 e. The summed E-state index contributed by atoms with van der Waals surface area (Å²) in [5.41, 5.74) is 1.87. The van der Waals surface area contributed by atoms with Crippen molar-refractivity contribution in [3.8, 4) is 11.4 Å². The number of hydrogen-bond donors (Lipinski definition) is 1. The number of halogens is 2. The van der Waals surface area contributed by atoms with E-state index in [1.54, 1.807) is 0 Å². The van der Waals surface area contributed by atoms with Crippen LogP contribution in [0.25, 0.3) is 11.4 Å². The minimum absolute atomic E-state index is 0.688. The number of benzene rings is 1. The summed E-state index contributed by atoms with van der Waals surface area (Å²) in [6.45, 7) is 4.99. The van der Waals surface area contributed by atoms with Gasteiger partial charge in [-0.25, -0.2) is 9.97 Å². The van der Waals surface area contributed by atoms with E-state index >= 15 is 0 Å². The second kappa shape index (κ2) is 6.35. The Morgan fingerprint density at radius 2 is 2.05 bits per heavy atom. The highest BCUT2D eigenvalue weighted by Crippen LogP contribution is 2.29. The summed E-state index contributed by atoms with van der Waals surface area (Å²) in [5.74, 6) is 1.55. The highest BCUT2D eigenvalue weighted by atomic mass is 79.9. The van der Waals surface area contributed by atoms with Gasteiger partial charge in [-0.3, -0.25) is 0 Å². The minimum Gasteiger partial charge on any atom is -0.370 e. The smallest absolute Gasteiger partial charge is 0.162 e. The first-order valence-electron chi connectivity index (χ1n) is 6.15. The van der Waals surface area contributed by atoms with Gasteiger partial charge in [0.05, 0.1) is 0 Å². The van der Waals surface area contributed by atoms with Crippen molar-refractivity contribution in [1.29, 1.82) is 0 Å². The van der Waals surface area contributed by atoms with Crippen LogP contribution in [0.15, 0.2) is 28.7 Å². The summed E-state index contributed by atoms with van der Waals surface area (Å²) in [6.07, 6.45) is 1.06. The van der Waals surface area contributed by atoms with Crippen LogP contribution in [-0.2, 0) is 0 Å². The zero-order valence-electron chi connectivity index (χ0n) is 10.9. The molecular weight excluding hydrogens is 326 g/mol. The van der Waals surface area contributed by atoms with Crippen LogP contribution >= 0.6 is 27.5 Å². The number of hydrogen-bond acceptors (Lipinski definition) is 3. The van der Waals surface area contributed by atoms with Crippen molar-refractivity contribution < 1.29 is 0 Å². The van der Waals surface area contributed by atoms with Gasteiger partial charge in [0.1, 0.15) is 5.82 Å². The third-order valence-electron chi connectivity index (χ3n) is 2.58. The third kappa shape index (κ3) is 3.67. The topological polar surface area (TPSA) is 37.8 Å². The highest BCUT2D eigenvalue weighted by Gasteiger charge is 2.09.